The van der Waals surface area contributed by atoms with Gasteiger partial charge in [-0.3, -0.25) is 4.79 Å². The Morgan fingerprint density at radius 2 is 2.15 bits per heavy atom. The molecule has 0 unspecified atom stereocenters. The molecule has 0 aliphatic heterocycles. The van der Waals surface area contributed by atoms with Crippen LogP contribution in [0.1, 0.15) is 11.5 Å². The van der Waals surface area contributed by atoms with Crippen LogP contribution in [0.4, 0.5) is 5.69 Å². The molecule has 1 heterocycles. The average molecular weight is 331 g/mol. The van der Waals surface area contributed by atoms with E-state index in [0.29, 0.717) is 21.0 Å². The molecule has 1 amide bonds. The number of carbonyl (C=O) groups excluding carboxylic acids is 1. The van der Waals surface area contributed by atoms with Crippen molar-refractivity contribution in [2.24, 2.45) is 0 Å². The van der Waals surface area contributed by atoms with Crippen molar-refractivity contribution in [3.63, 3.8) is 0 Å². The second kappa shape index (κ2) is 6.52. The predicted molar refractivity (Wildman–Crippen MR) is 81.8 cm³/mol. The molecule has 0 spiro atoms. The Kier molecular flexibility index (Phi) is 4.96. The number of amides is 1. The van der Waals surface area contributed by atoms with Crippen molar-refractivity contribution in [1.82, 2.24) is 4.98 Å². The van der Waals surface area contributed by atoms with Gasteiger partial charge in [-0.2, -0.15) is 0 Å². The van der Waals surface area contributed by atoms with Crippen molar-refractivity contribution in [3.8, 4) is 0 Å². The largest absolute Gasteiger partial charge is 0.437 e. The molecule has 0 radical (unpaired) electrons. The normalized spacial score (nSPS) is 10.6. The Morgan fingerprint density at radius 3 is 2.80 bits per heavy atom. The molecule has 0 saturated heterocycles. The molecule has 0 aliphatic rings. The number of rotatable bonds is 4. The van der Waals surface area contributed by atoms with E-state index in [-0.39, 0.29) is 11.7 Å². The number of halogens is 2. The van der Waals surface area contributed by atoms with E-state index >= 15 is 0 Å². The van der Waals surface area contributed by atoms with Gasteiger partial charge in [0.15, 0.2) is 0 Å². The average Bonchev–Trinajstić information content (AvgIpc) is 2.72. The van der Waals surface area contributed by atoms with E-state index in [1.165, 1.54) is 11.8 Å². The number of thioether (sulfide) groups is 1. The van der Waals surface area contributed by atoms with Crippen LogP contribution >= 0.6 is 35.0 Å². The summed E-state index contributed by atoms with van der Waals surface area (Å²) in [6.07, 6.45) is 0. The van der Waals surface area contributed by atoms with Crippen LogP contribution in [0.2, 0.25) is 10.0 Å². The highest BCUT2D eigenvalue weighted by Gasteiger charge is 2.11. The number of aromatic nitrogens is 1. The number of nitrogens with zero attached hydrogens (tertiary/aromatic N) is 1. The first-order chi connectivity index (χ1) is 9.47. The minimum atomic E-state index is -0.201. The molecular weight excluding hydrogens is 319 g/mol. The molecule has 0 atom stereocenters. The van der Waals surface area contributed by atoms with E-state index in [0.717, 1.165) is 11.5 Å². The van der Waals surface area contributed by atoms with Crippen molar-refractivity contribution in [3.05, 3.63) is 39.7 Å². The van der Waals surface area contributed by atoms with Gasteiger partial charge in [0.05, 0.1) is 27.2 Å². The third-order valence-electron chi connectivity index (χ3n) is 2.56. The second-order valence-corrected chi connectivity index (χ2v) is 5.77. The van der Waals surface area contributed by atoms with E-state index in [4.69, 9.17) is 27.6 Å². The Morgan fingerprint density at radius 1 is 1.40 bits per heavy atom. The molecule has 106 valence electrons. The van der Waals surface area contributed by atoms with Crippen molar-refractivity contribution in [2.75, 3.05) is 11.1 Å². The van der Waals surface area contributed by atoms with Crippen molar-refractivity contribution >= 4 is 46.6 Å². The number of anilines is 1. The summed E-state index contributed by atoms with van der Waals surface area (Å²) >= 11 is 13.1. The highest BCUT2D eigenvalue weighted by atomic mass is 35.5. The molecule has 0 saturated carbocycles. The van der Waals surface area contributed by atoms with Gasteiger partial charge >= 0.3 is 0 Å². The van der Waals surface area contributed by atoms with E-state index in [9.17, 15) is 4.79 Å². The van der Waals surface area contributed by atoms with Gasteiger partial charge < -0.3 is 9.73 Å². The zero-order valence-electron chi connectivity index (χ0n) is 10.9. The fourth-order valence-corrected chi connectivity index (χ4v) is 2.48. The molecular formula is C13H12Cl2N2O2S. The fraction of sp³-hybridized carbons (Fsp3) is 0.231. The highest BCUT2D eigenvalue weighted by Crippen LogP contribution is 2.29. The van der Waals surface area contributed by atoms with Gasteiger partial charge in [-0.15, -0.1) is 0 Å². The highest BCUT2D eigenvalue weighted by molar-refractivity contribution is 7.99. The fourth-order valence-electron chi connectivity index (χ4n) is 1.42. The van der Waals surface area contributed by atoms with Gasteiger partial charge in [-0.1, -0.05) is 41.0 Å². The van der Waals surface area contributed by atoms with Crippen LogP contribution in [0.25, 0.3) is 0 Å². The van der Waals surface area contributed by atoms with Crippen LogP contribution in [-0.4, -0.2) is 16.6 Å². The van der Waals surface area contributed by atoms with Crippen LogP contribution in [0.15, 0.2) is 27.8 Å². The van der Waals surface area contributed by atoms with Gasteiger partial charge in [0.1, 0.15) is 5.76 Å². The predicted octanol–water partition coefficient (Wildman–Crippen LogP) is 4.33. The molecule has 2 aromatic rings. The minimum Gasteiger partial charge on any atom is -0.437 e. The molecule has 1 aromatic heterocycles. The van der Waals surface area contributed by atoms with E-state index in [2.05, 4.69) is 10.3 Å². The molecule has 1 aromatic carbocycles. The summed E-state index contributed by atoms with van der Waals surface area (Å²) in [5, 5.41) is 3.90. The summed E-state index contributed by atoms with van der Waals surface area (Å²) in [7, 11) is 0. The Bertz CT molecular complexity index is 624. The van der Waals surface area contributed by atoms with E-state index in [1.807, 2.05) is 13.8 Å². The number of oxazole rings is 1. The number of hydrogen-bond acceptors (Lipinski definition) is 4. The number of nitrogens with one attached hydrogen (secondary N) is 1. The summed E-state index contributed by atoms with van der Waals surface area (Å²) < 4.78 is 5.38. The second-order valence-electron chi connectivity index (χ2n) is 4.06. The maximum atomic E-state index is 11.8. The lowest BCUT2D eigenvalue weighted by molar-refractivity contribution is -0.113. The maximum Gasteiger partial charge on any atom is 0.256 e. The van der Waals surface area contributed by atoms with Crippen molar-refractivity contribution < 1.29 is 9.21 Å². The number of benzene rings is 1. The standard InChI is InChI=1S/C13H12Cl2N2O2S/c1-7-8(2)19-13(16-7)20-6-11(18)17-10-5-3-4-9(14)12(10)15/h3-5H,6H2,1-2H3,(H,17,18). The smallest absolute Gasteiger partial charge is 0.256 e. The van der Waals surface area contributed by atoms with E-state index < -0.39 is 0 Å². The Balaban J connectivity index is 1.94. The maximum absolute atomic E-state index is 11.8. The number of aryl methyl sites for hydroxylation is 2. The molecule has 4 nitrogen and oxygen atoms in total. The van der Waals surface area contributed by atoms with Crippen LogP contribution in [0.3, 0.4) is 0 Å². The van der Waals surface area contributed by atoms with Gasteiger partial charge in [-0.05, 0) is 26.0 Å². The lowest BCUT2D eigenvalue weighted by Gasteiger charge is -2.07. The molecule has 20 heavy (non-hydrogen) atoms. The summed E-state index contributed by atoms with van der Waals surface area (Å²) in [6.45, 7) is 3.69. The van der Waals surface area contributed by atoms with Crippen LogP contribution in [0.5, 0.6) is 0 Å². The topological polar surface area (TPSA) is 55.1 Å². The van der Waals surface area contributed by atoms with Crippen LogP contribution in [-0.2, 0) is 4.79 Å². The third-order valence-corrected chi connectivity index (χ3v) is 4.21. The van der Waals surface area contributed by atoms with Gasteiger partial charge in [0.2, 0.25) is 5.91 Å². The van der Waals surface area contributed by atoms with Crippen molar-refractivity contribution in [2.45, 2.75) is 19.1 Å². The summed E-state index contributed by atoms with van der Waals surface area (Å²) in [5.41, 5.74) is 1.32. The van der Waals surface area contributed by atoms with Crippen LogP contribution in [0, 0.1) is 13.8 Å². The van der Waals surface area contributed by atoms with Gasteiger partial charge in [0, 0.05) is 0 Å². The first-order valence-corrected chi connectivity index (χ1v) is 7.52. The lowest BCUT2D eigenvalue weighted by Crippen LogP contribution is -2.14. The minimum absolute atomic E-state index is 0.183. The molecule has 2 rings (SSSR count). The van der Waals surface area contributed by atoms with Gasteiger partial charge in [-0.25, -0.2) is 4.98 Å². The summed E-state index contributed by atoms with van der Waals surface area (Å²) in [4.78, 5) is 16.0. The SMILES string of the molecule is Cc1nc(SCC(=O)Nc2cccc(Cl)c2Cl)oc1C. The number of hydrogen-bond donors (Lipinski definition) is 1. The first kappa shape index (κ1) is 15.2. The first-order valence-electron chi connectivity index (χ1n) is 5.78. The van der Waals surface area contributed by atoms with Crippen molar-refractivity contribution in [1.29, 1.82) is 0 Å². The van der Waals surface area contributed by atoms with Crippen LogP contribution < -0.4 is 5.32 Å². The molecule has 7 heteroatoms. The summed E-state index contributed by atoms with van der Waals surface area (Å²) in [6, 6.07) is 5.07. The quantitative estimate of drug-likeness (QED) is 0.847. The summed E-state index contributed by atoms with van der Waals surface area (Å²) in [5.74, 6) is 0.737. The molecule has 0 fully saturated rings. The zero-order chi connectivity index (χ0) is 14.7. The molecule has 0 bridgehead atoms. The Hall–Kier alpha value is -1.17. The monoisotopic (exact) mass is 330 g/mol. The van der Waals surface area contributed by atoms with Gasteiger partial charge in [0.25, 0.3) is 5.22 Å². The lowest BCUT2D eigenvalue weighted by atomic mass is 10.3. The number of carbonyl (C=O) groups is 1. The molecule has 0 aliphatic carbocycles. The Labute approximate surface area is 130 Å². The van der Waals surface area contributed by atoms with E-state index in [1.54, 1.807) is 18.2 Å². The third kappa shape index (κ3) is 3.69. The zero-order valence-corrected chi connectivity index (χ0v) is 13.2. The molecule has 1 N–H and O–H groups in total.